The molecule has 0 bridgehead atoms. The van der Waals surface area contributed by atoms with Crippen molar-refractivity contribution in [3.05, 3.63) is 46.0 Å². The molecule has 2 aromatic heterocycles. The van der Waals surface area contributed by atoms with Crippen molar-refractivity contribution in [2.45, 2.75) is 26.3 Å². The number of halogens is 1. The average Bonchev–Trinajstić information content (AvgIpc) is 2.73. The zero-order valence-electron chi connectivity index (χ0n) is 11.5. The second-order valence-corrected chi connectivity index (χ2v) is 5.48. The minimum absolute atomic E-state index is 0.129. The summed E-state index contributed by atoms with van der Waals surface area (Å²) in [6.45, 7) is 5.22. The molecule has 2 heterocycles. The molecule has 1 atom stereocenters. The van der Waals surface area contributed by atoms with Gasteiger partial charge in [0.1, 0.15) is 0 Å². The zero-order chi connectivity index (χ0) is 13.8. The smallest absolute Gasteiger partial charge is 0.0763 e. The molecular formula is C14H19BrN4. The normalized spacial score (nSPS) is 12.6. The van der Waals surface area contributed by atoms with Gasteiger partial charge in [-0.3, -0.25) is 9.67 Å². The van der Waals surface area contributed by atoms with Crippen molar-refractivity contribution in [2.75, 3.05) is 6.54 Å². The van der Waals surface area contributed by atoms with E-state index in [0.717, 1.165) is 23.1 Å². The Bertz CT molecular complexity index is 531. The van der Waals surface area contributed by atoms with Gasteiger partial charge in [-0.15, -0.1) is 0 Å². The lowest BCUT2D eigenvalue weighted by Crippen LogP contribution is -2.26. The summed E-state index contributed by atoms with van der Waals surface area (Å²) in [5.74, 6) is 0. The topological polar surface area (TPSA) is 42.7 Å². The summed E-state index contributed by atoms with van der Waals surface area (Å²) in [7, 11) is 1.97. The lowest BCUT2D eigenvalue weighted by Gasteiger charge is -2.21. The van der Waals surface area contributed by atoms with Gasteiger partial charge in [0.2, 0.25) is 0 Å². The highest BCUT2D eigenvalue weighted by molar-refractivity contribution is 9.10. The Kier molecular flexibility index (Phi) is 4.71. The van der Waals surface area contributed by atoms with Crippen LogP contribution in [0.1, 0.15) is 36.2 Å². The largest absolute Gasteiger partial charge is 0.305 e. The SMILES string of the molecule is CCCNC(c1ccncc1C)c1c(Br)cnn1C. The van der Waals surface area contributed by atoms with E-state index in [0.29, 0.717) is 0 Å². The van der Waals surface area contributed by atoms with Gasteiger partial charge in [0.05, 0.1) is 22.4 Å². The van der Waals surface area contributed by atoms with Gasteiger partial charge < -0.3 is 5.32 Å². The summed E-state index contributed by atoms with van der Waals surface area (Å²) in [6.07, 6.45) is 6.68. The predicted molar refractivity (Wildman–Crippen MR) is 80.0 cm³/mol. The maximum Gasteiger partial charge on any atom is 0.0763 e. The van der Waals surface area contributed by atoms with Crippen LogP contribution < -0.4 is 5.32 Å². The van der Waals surface area contributed by atoms with Crippen LogP contribution in [0.25, 0.3) is 0 Å². The van der Waals surface area contributed by atoms with E-state index in [4.69, 9.17) is 0 Å². The monoisotopic (exact) mass is 322 g/mol. The van der Waals surface area contributed by atoms with Crippen molar-refractivity contribution < 1.29 is 0 Å². The standard InChI is InChI=1S/C14H19BrN4/c1-4-6-17-13(11-5-7-16-8-10(11)2)14-12(15)9-18-19(14)3/h5,7-9,13,17H,4,6H2,1-3H3. The van der Waals surface area contributed by atoms with E-state index in [2.05, 4.69) is 51.2 Å². The third-order valence-electron chi connectivity index (χ3n) is 3.18. The third-order valence-corrected chi connectivity index (χ3v) is 3.80. The number of aromatic nitrogens is 3. The Morgan fingerprint density at radius 1 is 1.42 bits per heavy atom. The van der Waals surface area contributed by atoms with Gasteiger partial charge >= 0.3 is 0 Å². The van der Waals surface area contributed by atoms with Gasteiger partial charge in [0.15, 0.2) is 0 Å². The summed E-state index contributed by atoms with van der Waals surface area (Å²) >= 11 is 3.59. The molecule has 2 rings (SSSR count). The Hall–Kier alpha value is -1.20. The highest BCUT2D eigenvalue weighted by Gasteiger charge is 2.21. The second-order valence-electron chi connectivity index (χ2n) is 4.62. The number of nitrogens with one attached hydrogen (secondary N) is 1. The molecule has 102 valence electrons. The highest BCUT2D eigenvalue weighted by Crippen LogP contribution is 2.29. The van der Waals surface area contributed by atoms with Crippen molar-refractivity contribution in [3.8, 4) is 0 Å². The van der Waals surface area contributed by atoms with Gasteiger partial charge in [-0.25, -0.2) is 0 Å². The highest BCUT2D eigenvalue weighted by atomic mass is 79.9. The molecule has 1 unspecified atom stereocenters. The molecule has 2 aromatic rings. The van der Waals surface area contributed by atoms with Crippen LogP contribution in [0.15, 0.2) is 29.1 Å². The summed E-state index contributed by atoms with van der Waals surface area (Å²) in [5, 5.41) is 7.91. The first-order valence-electron chi connectivity index (χ1n) is 6.46. The molecule has 0 saturated heterocycles. The lowest BCUT2D eigenvalue weighted by atomic mass is 10.0. The molecule has 0 aliphatic heterocycles. The zero-order valence-corrected chi connectivity index (χ0v) is 13.1. The minimum atomic E-state index is 0.129. The molecule has 0 amide bonds. The fourth-order valence-corrected chi connectivity index (χ4v) is 2.77. The third kappa shape index (κ3) is 3.04. The van der Waals surface area contributed by atoms with Crippen LogP contribution in [0.2, 0.25) is 0 Å². The van der Waals surface area contributed by atoms with Crippen LogP contribution in [0.3, 0.4) is 0 Å². The molecule has 0 spiro atoms. The van der Waals surface area contributed by atoms with E-state index in [1.54, 1.807) is 0 Å². The summed E-state index contributed by atoms with van der Waals surface area (Å²) in [6, 6.07) is 2.20. The van der Waals surface area contributed by atoms with Crippen LogP contribution in [-0.4, -0.2) is 21.3 Å². The van der Waals surface area contributed by atoms with E-state index in [-0.39, 0.29) is 6.04 Å². The quantitative estimate of drug-likeness (QED) is 0.920. The van der Waals surface area contributed by atoms with Crippen LogP contribution >= 0.6 is 15.9 Å². The van der Waals surface area contributed by atoms with Crippen molar-refractivity contribution in [2.24, 2.45) is 7.05 Å². The van der Waals surface area contributed by atoms with Crippen LogP contribution in [0.5, 0.6) is 0 Å². The minimum Gasteiger partial charge on any atom is -0.305 e. The number of pyridine rings is 1. The van der Waals surface area contributed by atoms with Gasteiger partial charge in [-0.1, -0.05) is 6.92 Å². The first-order chi connectivity index (χ1) is 9.15. The molecule has 0 aliphatic rings. The second kappa shape index (κ2) is 6.30. The average molecular weight is 323 g/mol. The Balaban J connectivity index is 2.45. The molecule has 0 saturated carbocycles. The first kappa shape index (κ1) is 14.2. The van der Waals surface area contributed by atoms with Crippen molar-refractivity contribution >= 4 is 15.9 Å². The number of aryl methyl sites for hydroxylation is 2. The Morgan fingerprint density at radius 3 is 2.79 bits per heavy atom. The van der Waals surface area contributed by atoms with Gasteiger partial charge in [-0.2, -0.15) is 5.10 Å². The van der Waals surface area contributed by atoms with Gasteiger partial charge in [0.25, 0.3) is 0 Å². The number of hydrogen-bond donors (Lipinski definition) is 1. The molecule has 19 heavy (non-hydrogen) atoms. The maximum absolute atomic E-state index is 4.31. The molecule has 0 radical (unpaired) electrons. The van der Waals surface area contributed by atoms with E-state index >= 15 is 0 Å². The van der Waals surface area contributed by atoms with Crippen molar-refractivity contribution in [1.82, 2.24) is 20.1 Å². The molecular weight excluding hydrogens is 304 g/mol. The van der Waals surface area contributed by atoms with Crippen molar-refractivity contribution in [3.63, 3.8) is 0 Å². The molecule has 0 aromatic carbocycles. The van der Waals surface area contributed by atoms with Crippen molar-refractivity contribution in [1.29, 1.82) is 0 Å². The van der Waals surface area contributed by atoms with Crippen LogP contribution in [0.4, 0.5) is 0 Å². The Morgan fingerprint density at radius 2 is 2.21 bits per heavy atom. The summed E-state index contributed by atoms with van der Waals surface area (Å²) < 4.78 is 2.94. The number of hydrogen-bond acceptors (Lipinski definition) is 3. The predicted octanol–water partition coefficient (Wildman–Crippen LogP) is 2.98. The molecule has 0 fully saturated rings. The van der Waals surface area contributed by atoms with E-state index < -0.39 is 0 Å². The maximum atomic E-state index is 4.31. The summed E-state index contributed by atoms with van der Waals surface area (Å²) in [5.41, 5.74) is 3.57. The molecule has 1 N–H and O–H groups in total. The van der Waals surface area contributed by atoms with E-state index in [1.807, 2.05) is 30.3 Å². The van der Waals surface area contributed by atoms with Gasteiger partial charge in [0, 0.05) is 19.4 Å². The molecule has 0 aliphatic carbocycles. The molecule has 4 nitrogen and oxygen atoms in total. The van der Waals surface area contributed by atoms with Gasteiger partial charge in [-0.05, 0) is 53.0 Å². The van der Waals surface area contributed by atoms with Crippen LogP contribution in [0, 0.1) is 6.92 Å². The fourth-order valence-electron chi connectivity index (χ4n) is 2.20. The van der Waals surface area contributed by atoms with E-state index in [1.165, 1.54) is 11.1 Å². The lowest BCUT2D eigenvalue weighted by molar-refractivity contribution is 0.549. The number of rotatable bonds is 5. The number of nitrogens with zero attached hydrogens (tertiary/aromatic N) is 3. The van der Waals surface area contributed by atoms with E-state index in [9.17, 15) is 0 Å². The van der Waals surface area contributed by atoms with Crippen LogP contribution in [-0.2, 0) is 7.05 Å². The fraction of sp³-hybridized carbons (Fsp3) is 0.429. The summed E-state index contributed by atoms with van der Waals surface area (Å²) in [4.78, 5) is 4.17. The molecule has 5 heteroatoms. The Labute approximate surface area is 122 Å². The first-order valence-corrected chi connectivity index (χ1v) is 7.25.